The molecule has 0 amide bonds. The van der Waals surface area contributed by atoms with Gasteiger partial charge in [-0.05, 0) is 37.7 Å². The van der Waals surface area contributed by atoms with Crippen LogP contribution < -0.4 is 5.32 Å². The van der Waals surface area contributed by atoms with Gasteiger partial charge in [-0.25, -0.2) is 9.67 Å². The molecule has 2 N–H and O–H groups in total. The van der Waals surface area contributed by atoms with Crippen LogP contribution in [-0.4, -0.2) is 32.5 Å². The third-order valence-corrected chi connectivity index (χ3v) is 4.62. The topological polar surface area (TPSA) is 63.0 Å². The zero-order valence-electron chi connectivity index (χ0n) is 14.0. The molecule has 26 heavy (non-hydrogen) atoms. The smallest absolute Gasteiger partial charge is 0.333 e. The first-order chi connectivity index (χ1) is 12.5. The molecule has 0 aliphatic heterocycles. The Morgan fingerprint density at radius 2 is 2.04 bits per heavy atom. The lowest BCUT2D eigenvalue weighted by Crippen LogP contribution is -2.23. The van der Waals surface area contributed by atoms with Gasteiger partial charge in [-0.2, -0.15) is 13.9 Å². The number of halogens is 3. The SMILES string of the molecule is O[C@H]1CC[C@H](CNc2cc(Cl)ncc2C#Cc2cnn(C(F)F)c2)CC1. The highest BCUT2D eigenvalue weighted by Crippen LogP contribution is 2.25. The standard InChI is InChI=1S/C18H19ClF2N4O/c19-17-7-16(22-8-12-2-5-15(26)6-3-12)14(10-23-17)4-1-13-9-24-25(11-13)18(20)21/h7,9-12,15,18,26H,2-3,5-6,8H2,(H,22,23)/t12-,15-. The predicted molar refractivity (Wildman–Crippen MR) is 95.2 cm³/mol. The van der Waals surface area contributed by atoms with Gasteiger partial charge in [-0.15, -0.1) is 0 Å². The van der Waals surface area contributed by atoms with Crippen LogP contribution in [0.25, 0.3) is 0 Å². The Morgan fingerprint density at radius 3 is 2.73 bits per heavy atom. The number of aliphatic hydroxyl groups excluding tert-OH is 1. The molecule has 1 fully saturated rings. The fourth-order valence-corrected chi connectivity index (χ4v) is 3.09. The maximum atomic E-state index is 12.6. The molecular weight excluding hydrogens is 362 g/mol. The highest BCUT2D eigenvalue weighted by atomic mass is 35.5. The van der Waals surface area contributed by atoms with Crippen LogP contribution in [-0.2, 0) is 0 Å². The van der Waals surface area contributed by atoms with Crippen LogP contribution in [0.5, 0.6) is 0 Å². The van der Waals surface area contributed by atoms with E-state index in [0.717, 1.165) is 37.9 Å². The Kier molecular flexibility index (Phi) is 6.07. The van der Waals surface area contributed by atoms with Gasteiger partial charge in [0, 0.05) is 18.9 Å². The van der Waals surface area contributed by atoms with E-state index in [4.69, 9.17) is 11.6 Å². The van der Waals surface area contributed by atoms with Crippen molar-refractivity contribution in [2.75, 3.05) is 11.9 Å². The third kappa shape index (κ3) is 4.93. The van der Waals surface area contributed by atoms with Gasteiger partial charge in [-0.1, -0.05) is 23.4 Å². The summed E-state index contributed by atoms with van der Waals surface area (Å²) >= 11 is 5.98. The van der Waals surface area contributed by atoms with Gasteiger partial charge in [0.15, 0.2) is 0 Å². The number of pyridine rings is 1. The number of aliphatic hydroxyl groups is 1. The second kappa shape index (κ2) is 8.47. The Bertz CT molecular complexity index is 807. The summed E-state index contributed by atoms with van der Waals surface area (Å²) in [6, 6.07) is 1.70. The van der Waals surface area contributed by atoms with Crippen molar-refractivity contribution in [3.05, 3.63) is 40.9 Å². The van der Waals surface area contributed by atoms with E-state index in [0.29, 0.717) is 26.9 Å². The number of anilines is 1. The summed E-state index contributed by atoms with van der Waals surface area (Å²) in [6.45, 7) is -1.93. The zero-order valence-corrected chi connectivity index (χ0v) is 14.8. The Balaban J connectivity index is 1.70. The minimum atomic E-state index is -2.69. The number of aromatic nitrogens is 3. The Hall–Kier alpha value is -2.17. The zero-order chi connectivity index (χ0) is 18.5. The van der Waals surface area contributed by atoms with Gasteiger partial charge < -0.3 is 10.4 Å². The van der Waals surface area contributed by atoms with Crippen LogP contribution in [0.3, 0.4) is 0 Å². The van der Waals surface area contributed by atoms with Gasteiger partial charge in [0.2, 0.25) is 0 Å². The van der Waals surface area contributed by atoms with E-state index in [1.807, 2.05) is 0 Å². The molecule has 5 nitrogen and oxygen atoms in total. The lowest BCUT2D eigenvalue weighted by atomic mass is 9.87. The van der Waals surface area contributed by atoms with Crippen LogP contribution in [0.1, 0.15) is 43.4 Å². The van der Waals surface area contributed by atoms with Gasteiger partial charge >= 0.3 is 6.55 Å². The van der Waals surface area contributed by atoms with E-state index in [-0.39, 0.29) is 6.10 Å². The van der Waals surface area contributed by atoms with E-state index in [1.54, 1.807) is 12.3 Å². The lowest BCUT2D eigenvalue weighted by Gasteiger charge is -2.26. The molecule has 1 saturated carbocycles. The number of rotatable bonds is 4. The molecule has 8 heteroatoms. The van der Waals surface area contributed by atoms with E-state index in [9.17, 15) is 13.9 Å². The quantitative estimate of drug-likeness (QED) is 0.627. The monoisotopic (exact) mass is 380 g/mol. The van der Waals surface area contributed by atoms with Crippen LogP contribution >= 0.6 is 11.6 Å². The summed E-state index contributed by atoms with van der Waals surface area (Å²) < 4.78 is 25.7. The molecule has 1 aliphatic carbocycles. The van der Waals surface area contributed by atoms with Gasteiger partial charge in [0.05, 0.1) is 29.1 Å². The number of hydrogen-bond acceptors (Lipinski definition) is 4. The second-order valence-corrected chi connectivity index (χ2v) is 6.73. The average Bonchev–Trinajstić information content (AvgIpc) is 3.10. The van der Waals surface area contributed by atoms with E-state index >= 15 is 0 Å². The van der Waals surface area contributed by atoms with Crippen LogP contribution in [0.15, 0.2) is 24.7 Å². The van der Waals surface area contributed by atoms with Gasteiger partial charge in [-0.3, -0.25) is 0 Å². The molecule has 0 radical (unpaired) electrons. The molecule has 3 rings (SSSR count). The summed E-state index contributed by atoms with van der Waals surface area (Å²) in [7, 11) is 0. The molecule has 0 atom stereocenters. The minimum Gasteiger partial charge on any atom is -0.393 e. The lowest BCUT2D eigenvalue weighted by molar-refractivity contribution is 0.0566. The first-order valence-corrected chi connectivity index (χ1v) is 8.81. The van der Waals surface area contributed by atoms with E-state index in [1.165, 1.54) is 12.4 Å². The van der Waals surface area contributed by atoms with Gasteiger partial charge in [0.1, 0.15) is 5.15 Å². The fourth-order valence-electron chi connectivity index (χ4n) is 2.93. The van der Waals surface area contributed by atoms with Crippen LogP contribution in [0, 0.1) is 17.8 Å². The summed E-state index contributed by atoms with van der Waals surface area (Å²) in [5.74, 6) is 6.23. The molecular formula is C18H19ClF2N4O. The molecule has 1 aliphatic rings. The van der Waals surface area contributed by atoms with Crippen molar-refractivity contribution in [1.29, 1.82) is 0 Å². The van der Waals surface area contributed by atoms with Crippen LogP contribution in [0.4, 0.5) is 14.5 Å². The molecule has 0 saturated heterocycles. The molecule has 0 bridgehead atoms. The molecule has 0 spiro atoms. The normalized spacial score (nSPS) is 19.9. The second-order valence-electron chi connectivity index (χ2n) is 6.34. The Labute approximate surface area is 155 Å². The number of nitrogens with one attached hydrogen (secondary N) is 1. The molecule has 2 heterocycles. The van der Waals surface area contributed by atoms with Crippen molar-refractivity contribution in [1.82, 2.24) is 14.8 Å². The van der Waals surface area contributed by atoms with E-state index < -0.39 is 6.55 Å². The summed E-state index contributed by atoms with van der Waals surface area (Å²) in [5.41, 5.74) is 1.78. The fraction of sp³-hybridized carbons (Fsp3) is 0.444. The van der Waals surface area contributed by atoms with Crippen molar-refractivity contribution < 1.29 is 13.9 Å². The summed E-state index contributed by atoms with van der Waals surface area (Å²) in [6.07, 6.45) is 7.46. The minimum absolute atomic E-state index is 0.183. The summed E-state index contributed by atoms with van der Waals surface area (Å²) in [5, 5.41) is 16.8. The molecule has 2 aromatic rings. The predicted octanol–water partition coefficient (Wildman–Crippen LogP) is 3.69. The molecule has 2 aromatic heterocycles. The molecule has 0 unspecified atom stereocenters. The third-order valence-electron chi connectivity index (χ3n) is 4.41. The number of nitrogens with zero attached hydrogens (tertiary/aromatic N) is 3. The maximum absolute atomic E-state index is 12.6. The van der Waals surface area contributed by atoms with Gasteiger partial charge in [0.25, 0.3) is 0 Å². The highest BCUT2D eigenvalue weighted by molar-refractivity contribution is 6.29. The largest absolute Gasteiger partial charge is 0.393 e. The molecule has 0 aromatic carbocycles. The number of hydrogen-bond donors (Lipinski definition) is 2. The van der Waals surface area contributed by atoms with Crippen molar-refractivity contribution >= 4 is 17.3 Å². The first kappa shape index (κ1) is 18.6. The first-order valence-electron chi connectivity index (χ1n) is 8.43. The molecule has 138 valence electrons. The van der Waals surface area contributed by atoms with Crippen LogP contribution in [0.2, 0.25) is 5.15 Å². The maximum Gasteiger partial charge on any atom is 0.333 e. The average molecular weight is 381 g/mol. The summed E-state index contributed by atoms with van der Waals surface area (Å²) in [4.78, 5) is 4.04. The highest BCUT2D eigenvalue weighted by Gasteiger charge is 2.19. The van der Waals surface area contributed by atoms with Crippen molar-refractivity contribution in [3.63, 3.8) is 0 Å². The number of alkyl halides is 2. The van der Waals surface area contributed by atoms with E-state index in [2.05, 4.69) is 27.2 Å². The van der Waals surface area contributed by atoms with Crippen molar-refractivity contribution in [2.24, 2.45) is 5.92 Å². The van der Waals surface area contributed by atoms with Crippen molar-refractivity contribution in [2.45, 2.75) is 38.3 Å². The Morgan fingerprint density at radius 1 is 1.27 bits per heavy atom. The van der Waals surface area contributed by atoms with Crippen molar-refractivity contribution in [3.8, 4) is 11.8 Å².